The van der Waals surface area contributed by atoms with Crippen LogP contribution < -0.4 is 4.74 Å². The summed E-state index contributed by atoms with van der Waals surface area (Å²) < 4.78 is 84.4. The van der Waals surface area contributed by atoms with E-state index in [0.29, 0.717) is 12.2 Å². The molecule has 0 radical (unpaired) electrons. The fourth-order valence-corrected chi connectivity index (χ4v) is 1.84. The third-order valence-corrected chi connectivity index (χ3v) is 3.09. The minimum Gasteiger partial charge on any atom is -0.497 e. The van der Waals surface area contributed by atoms with E-state index in [1.54, 1.807) is 0 Å². The van der Waals surface area contributed by atoms with Crippen molar-refractivity contribution in [1.82, 2.24) is 0 Å². The topological polar surface area (TPSA) is 26.3 Å². The maximum absolute atomic E-state index is 13.7. The fourth-order valence-electron chi connectivity index (χ4n) is 1.84. The molecule has 2 aromatic carbocycles. The van der Waals surface area contributed by atoms with Crippen molar-refractivity contribution >= 4 is 11.9 Å². The van der Waals surface area contributed by atoms with Crippen molar-refractivity contribution in [2.24, 2.45) is 0 Å². The van der Waals surface area contributed by atoms with Crippen LogP contribution in [0.2, 0.25) is 0 Å². The molecule has 2 nitrogen and oxygen atoms in total. The maximum atomic E-state index is 13.7. The zero-order chi connectivity index (χ0) is 18.0. The Kier molecular flexibility index (Phi) is 4.96. The standard InChI is InChI=1S/C16H8F6O2/c1-24-7-2-3-8(10(17)6-7)11(23)5-4-9-12(18)14(20)16(22)15(21)13(9)19/h2-6H,1H3. The highest BCUT2D eigenvalue weighted by molar-refractivity contribution is 6.07. The SMILES string of the molecule is COc1ccc(C(=O)C=Cc2c(F)c(F)c(F)c(F)c2F)c(F)c1. The summed E-state index contributed by atoms with van der Waals surface area (Å²) in [6, 6.07) is 3.22. The number of carbonyl (C=O) groups is 1. The molecule has 0 aromatic heterocycles. The van der Waals surface area contributed by atoms with Crippen LogP contribution in [0.4, 0.5) is 26.3 Å². The van der Waals surface area contributed by atoms with Gasteiger partial charge in [-0.3, -0.25) is 4.79 Å². The first kappa shape index (κ1) is 17.6. The zero-order valence-corrected chi connectivity index (χ0v) is 12.0. The minimum absolute atomic E-state index is 0.132. The van der Waals surface area contributed by atoms with E-state index in [1.165, 1.54) is 13.2 Å². The van der Waals surface area contributed by atoms with Gasteiger partial charge in [-0.2, -0.15) is 0 Å². The van der Waals surface area contributed by atoms with Gasteiger partial charge in [0, 0.05) is 6.07 Å². The molecule has 0 heterocycles. The summed E-state index contributed by atoms with van der Waals surface area (Å²) in [6.07, 6.45) is 0.894. The average Bonchev–Trinajstić information content (AvgIpc) is 2.57. The Hall–Kier alpha value is -2.77. The van der Waals surface area contributed by atoms with Crippen molar-refractivity contribution in [2.75, 3.05) is 7.11 Å². The summed E-state index contributed by atoms with van der Waals surface area (Å²) in [5, 5.41) is 0. The van der Waals surface area contributed by atoms with Crippen LogP contribution in [0.15, 0.2) is 24.3 Å². The third-order valence-electron chi connectivity index (χ3n) is 3.09. The van der Waals surface area contributed by atoms with E-state index in [2.05, 4.69) is 0 Å². The lowest BCUT2D eigenvalue weighted by Crippen LogP contribution is -2.05. The normalized spacial score (nSPS) is 11.1. The molecule has 0 saturated carbocycles. The highest BCUT2D eigenvalue weighted by atomic mass is 19.2. The van der Waals surface area contributed by atoms with Crippen molar-refractivity contribution in [1.29, 1.82) is 0 Å². The van der Waals surface area contributed by atoms with Crippen LogP contribution in [0.3, 0.4) is 0 Å². The van der Waals surface area contributed by atoms with Crippen LogP contribution in [0.1, 0.15) is 15.9 Å². The molecule has 24 heavy (non-hydrogen) atoms. The number of carbonyl (C=O) groups excluding carboxylic acids is 1. The minimum atomic E-state index is -2.31. The lowest BCUT2D eigenvalue weighted by Gasteiger charge is -2.05. The molecule has 0 aliphatic carbocycles. The first-order valence-electron chi connectivity index (χ1n) is 6.35. The van der Waals surface area contributed by atoms with E-state index >= 15 is 0 Å². The zero-order valence-electron chi connectivity index (χ0n) is 12.0. The molecule has 0 spiro atoms. The molecule has 0 aliphatic heterocycles. The lowest BCUT2D eigenvalue weighted by atomic mass is 10.1. The number of benzene rings is 2. The molecule has 0 N–H and O–H groups in total. The summed E-state index contributed by atoms with van der Waals surface area (Å²) in [7, 11) is 1.28. The van der Waals surface area contributed by atoms with Crippen molar-refractivity contribution in [3.05, 3.63) is 70.3 Å². The fraction of sp³-hybridized carbons (Fsp3) is 0.0625. The predicted molar refractivity (Wildman–Crippen MR) is 72.5 cm³/mol. The number of ether oxygens (including phenoxy) is 1. The van der Waals surface area contributed by atoms with E-state index in [-0.39, 0.29) is 5.75 Å². The molecule has 2 aromatic rings. The van der Waals surface area contributed by atoms with Gasteiger partial charge in [-0.1, -0.05) is 0 Å². The van der Waals surface area contributed by atoms with E-state index in [9.17, 15) is 31.1 Å². The summed E-state index contributed by atoms with van der Waals surface area (Å²) >= 11 is 0. The highest BCUT2D eigenvalue weighted by Crippen LogP contribution is 2.24. The quantitative estimate of drug-likeness (QED) is 0.269. The van der Waals surface area contributed by atoms with E-state index in [1.807, 2.05) is 0 Å². The van der Waals surface area contributed by atoms with Crippen molar-refractivity contribution in [3.8, 4) is 5.75 Å². The number of allylic oxidation sites excluding steroid dienone is 1. The second-order valence-corrected chi connectivity index (χ2v) is 4.53. The van der Waals surface area contributed by atoms with Crippen LogP contribution >= 0.6 is 0 Å². The summed E-state index contributed by atoms with van der Waals surface area (Å²) in [5.74, 6) is -12.6. The molecular weight excluding hydrogens is 338 g/mol. The molecule has 0 saturated heterocycles. The molecular formula is C16H8F6O2. The largest absolute Gasteiger partial charge is 0.497 e. The van der Waals surface area contributed by atoms with Crippen LogP contribution in [-0.4, -0.2) is 12.9 Å². The second-order valence-electron chi connectivity index (χ2n) is 4.53. The molecule has 0 unspecified atom stereocenters. The van der Waals surface area contributed by atoms with Gasteiger partial charge in [0.05, 0.1) is 18.2 Å². The average molecular weight is 346 g/mol. The smallest absolute Gasteiger partial charge is 0.200 e. The van der Waals surface area contributed by atoms with Gasteiger partial charge < -0.3 is 4.74 Å². The van der Waals surface area contributed by atoms with Crippen LogP contribution in [-0.2, 0) is 0 Å². The monoisotopic (exact) mass is 346 g/mol. The van der Waals surface area contributed by atoms with Gasteiger partial charge in [0.1, 0.15) is 11.6 Å². The number of halogens is 6. The van der Waals surface area contributed by atoms with Gasteiger partial charge in [0.25, 0.3) is 0 Å². The highest BCUT2D eigenvalue weighted by Gasteiger charge is 2.24. The van der Waals surface area contributed by atoms with Crippen molar-refractivity contribution in [3.63, 3.8) is 0 Å². The Balaban J connectivity index is 2.40. The maximum Gasteiger partial charge on any atom is 0.200 e. The van der Waals surface area contributed by atoms with Gasteiger partial charge in [0.2, 0.25) is 5.82 Å². The molecule has 0 fully saturated rings. The first-order valence-corrected chi connectivity index (χ1v) is 6.35. The second kappa shape index (κ2) is 6.77. The summed E-state index contributed by atoms with van der Waals surface area (Å²) in [5.41, 5.74) is -1.76. The van der Waals surface area contributed by atoms with Crippen molar-refractivity contribution < 1.29 is 35.9 Å². The number of methoxy groups -OCH3 is 1. The van der Waals surface area contributed by atoms with Gasteiger partial charge in [0.15, 0.2) is 29.1 Å². The number of ketones is 1. The van der Waals surface area contributed by atoms with Gasteiger partial charge in [-0.15, -0.1) is 0 Å². The van der Waals surface area contributed by atoms with Gasteiger partial charge in [-0.05, 0) is 24.3 Å². The Morgan fingerprint density at radius 3 is 1.96 bits per heavy atom. The Labute approximate surface area is 132 Å². The van der Waals surface area contributed by atoms with Crippen LogP contribution in [0, 0.1) is 34.9 Å². The Bertz CT molecular complexity index is 816. The van der Waals surface area contributed by atoms with Crippen LogP contribution in [0.5, 0.6) is 5.75 Å². The van der Waals surface area contributed by atoms with E-state index < -0.39 is 51.8 Å². The van der Waals surface area contributed by atoms with E-state index in [4.69, 9.17) is 4.74 Å². The van der Waals surface area contributed by atoms with Crippen LogP contribution in [0.25, 0.3) is 6.08 Å². The molecule has 0 atom stereocenters. The Morgan fingerprint density at radius 1 is 0.917 bits per heavy atom. The molecule has 0 bridgehead atoms. The van der Waals surface area contributed by atoms with E-state index in [0.717, 1.165) is 12.1 Å². The third kappa shape index (κ3) is 3.12. The lowest BCUT2D eigenvalue weighted by molar-refractivity contribution is 0.104. The van der Waals surface area contributed by atoms with Crippen molar-refractivity contribution in [2.45, 2.75) is 0 Å². The molecule has 0 aliphatic rings. The summed E-state index contributed by atoms with van der Waals surface area (Å²) in [4.78, 5) is 11.8. The molecule has 8 heteroatoms. The molecule has 126 valence electrons. The number of hydrogen-bond donors (Lipinski definition) is 0. The molecule has 0 amide bonds. The Morgan fingerprint density at radius 2 is 1.46 bits per heavy atom. The molecule has 2 rings (SSSR count). The van der Waals surface area contributed by atoms with Gasteiger partial charge >= 0.3 is 0 Å². The number of hydrogen-bond acceptors (Lipinski definition) is 2. The summed E-state index contributed by atoms with van der Waals surface area (Å²) in [6.45, 7) is 0. The number of rotatable bonds is 4. The first-order chi connectivity index (χ1) is 11.3. The predicted octanol–water partition coefficient (Wildman–Crippen LogP) is 4.43. The van der Waals surface area contributed by atoms with Gasteiger partial charge in [-0.25, -0.2) is 26.3 Å².